The van der Waals surface area contributed by atoms with Gasteiger partial charge in [-0.1, -0.05) is 6.07 Å². The standard InChI is InChI=1S/C22H19FN4O/c23-16-3-8-21-19(12-16)20(22(28)27-21)14-26-18-6-4-17(5-7-18)25-11-9-15-2-1-10-24-13-15/h1-8,10,12-14,25-26H,9,11H2,(H,27,28)/b20-14+. The third-order valence-electron chi connectivity index (χ3n) is 4.50. The maximum atomic E-state index is 13.5. The summed E-state index contributed by atoms with van der Waals surface area (Å²) < 4.78 is 13.5. The van der Waals surface area contributed by atoms with Gasteiger partial charge in [0.25, 0.3) is 5.91 Å². The molecule has 2 aromatic carbocycles. The molecular weight excluding hydrogens is 355 g/mol. The van der Waals surface area contributed by atoms with E-state index in [-0.39, 0.29) is 11.7 Å². The Bertz CT molecular complexity index is 1020. The summed E-state index contributed by atoms with van der Waals surface area (Å²) in [6.45, 7) is 0.811. The Balaban J connectivity index is 1.37. The summed E-state index contributed by atoms with van der Waals surface area (Å²) in [7, 11) is 0. The van der Waals surface area contributed by atoms with Crippen molar-refractivity contribution in [2.24, 2.45) is 0 Å². The van der Waals surface area contributed by atoms with E-state index in [0.29, 0.717) is 16.8 Å². The van der Waals surface area contributed by atoms with Crippen molar-refractivity contribution in [2.75, 3.05) is 22.5 Å². The molecule has 1 amide bonds. The van der Waals surface area contributed by atoms with Crippen molar-refractivity contribution in [2.45, 2.75) is 6.42 Å². The van der Waals surface area contributed by atoms with Gasteiger partial charge in [-0.15, -0.1) is 0 Å². The number of fused-ring (bicyclic) bond motifs is 1. The number of pyridine rings is 1. The van der Waals surface area contributed by atoms with E-state index < -0.39 is 0 Å². The van der Waals surface area contributed by atoms with Gasteiger partial charge in [0.2, 0.25) is 0 Å². The number of carbonyl (C=O) groups is 1. The lowest BCUT2D eigenvalue weighted by atomic mass is 10.1. The third-order valence-corrected chi connectivity index (χ3v) is 4.50. The van der Waals surface area contributed by atoms with Crippen LogP contribution in [0.15, 0.2) is 73.2 Å². The maximum Gasteiger partial charge on any atom is 0.257 e. The monoisotopic (exact) mass is 374 g/mol. The van der Waals surface area contributed by atoms with E-state index in [9.17, 15) is 9.18 Å². The Morgan fingerprint density at radius 2 is 1.89 bits per heavy atom. The second kappa shape index (κ2) is 7.92. The molecule has 1 aromatic heterocycles. The van der Waals surface area contributed by atoms with E-state index in [4.69, 9.17) is 0 Å². The van der Waals surface area contributed by atoms with Crippen LogP contribution < -0.4 is 16.0 Å². The van der Waals surface area contributed by atoms with Crippen molar-refractivity contribution >= 4 is 28.5 Å². The molecule has 3 aromatic rings. The molecule has 6 heteroatoms. The molecular formula is C22H19FN4O. The lowest BCUT2D eigenvalue weighted by Crippen LogP contribution is -2.05. The first-order chi connectivity index (χ1) is 13.7. The predicted octanol–water partition coefficient (Wildman–Crippen LogP) is 4.28. The van der Waals surface area contributed by atoms with E-state index >= 15 is 0 Å². The first-order valence-electron chi connectivity index (χ1n) is 9.00. The van der Waals surface area contributed by atoms with E-state index in [1.807, 2.05) is 36.5 Å². The quantitative estimate of drug-likeness (QED) is 0.564. The zero-order chi connectivity index (χ0) is 19.3. The summed E-state index contributed by atoms with van der Waals surface area (Å²) in [6, 6.07) is 16.0. The largest absolute Gasteiger partial charge is 0.385 e. The summed E-state index contributed by atoms with van der Waals surface area (Å²) in [5, 5.41) is 9.20. The number of anilines is 3. The second-order valence-electron chi connectivity index (χ2n) is 6.46. The number of aromatic nitrogens is 1. The zero-order valence-corrected chi connectivity index (χ0v) is 15.1. The molecule has 2 heterocycles. The van der Waals surface area contributed by atoms with Gasteiger partial charge in [-0.2, -0.15) is 0 Å². The van der Waals surface area contributed by atoms with Crippen LogP contribution in [-0.4, -0.2) is 17.4 Å². The average molecular weight is 374 g/mol. The molecule has 0 unspecified atom stereocenters. The van der Waals surface area contributed by atoms with Gasteiger partial charge in [-0.05, 0) is 60.5 Å². The average Bonchev–Trinajstić information content (AvgIpc) is 3.02. The number of rotatable bonds is 6. The number of nitrogens with zero attached hydrogens (tertiary/aromatic N) is 1. The fourth-order valence-corrected chi connectivity index (χ4v) is 3.04. The van der Waals surface area contributed by atoms with Crippen LogP contribution in [0.25, 0.3) is 5.57 Å². The molecule has 0 saturated heterocycles. The molecule has 28 heavy (non-hydrogen) atoms. The molecule has 0 spiro atoms. The Morgan fingerprint density at radius 3 is 2.68 bits per heavy atom. The van der Waals surface area contributed by atoms with E-state index in [1.165, 1.54) is 17.7 Å². The molecule has 0 atom stereocenters. The SMILES string of the molecule is O=C1Nc2ccc(F)cc2/C1=C\Nc1ccc(NCCc2cccnc2)cc1. The topological polar surface area (TPSA) is 66.1 Å². The summed E-state index contributed by atoms with van der Waals surface area (Å²) in [4.78, 5) is 16.2. The molecule has 0 fully saturated rings. The number of amides is 1. The second-order valence-corrected chi connectivity index (χ2v) is 6.46. The van der Waals surface area contributed by atoms with Crippen LogP contribution in [0.4, 0.5) is 21.5 Å². The number of hydrogen-bond acceptors (Lipinski definition) is 4. The van der Waals surface area contributed by atoms with Crippen molar-refractivity contribution in [3.8, 4) is 0 Å². The Kier molecular flexibility index (Phi) is 5.01. The molecule has 140 valence electrons. The van der Waals surface area contributed by atoms with Crippen molar-refractivity contribution in [3.05, 3.63) is 90.1 Å². The molecule has 3 N–H and O–H groups in total. The minimum absolute atomic E-state index is 0.248. The third kappa shape index (κ3) is 4.01. The highest BCUT2D eigenvalue weighted by atomic mass is 19.1. The highest BCUT2D eigenvalue weighted by Crippen LogP contribution is 2.32. The van der Waals surface area contributed by atoms with Crippen molar-refractivity contribution in [1.82, 2.24) is 4.98 Å². The molecule has 1 aliphatic heterocycles. The van der Waals surface area contributed by atoms with Crippen LogP contribution in [0.1, 0.15) is 11.1 Å². The lowest BCUT2D eigenvalue weighted by molar-refractivity contribution is -0.110. The first kappa shape index (κ1) is 17.7. The number of carbonyl (C=O) groups excluding carboxylic acids is 1. The van der Waals surface area contributed by atoms with Gasteiger partial charge in [-0.3, -0.25) is 9.78 Å². The number of halogens is 1. The lowest BCUT2D eigenvalue weighted by Gasteiger charge is -2.08. The Labute approximate surface area is 162 Å². The zero-order valence-electron chi connectivity index (χ0n) is 15.1. The Morgan fingerprint density at radius 1 is 1.07 bits per heavy atom. The van der Waals surface area contributed by atoms with E-state index in [0.717, 1.165) is 24.3 Å². The molecule has 0 saturated carbocycles. The summed E-state index contributed by atoms with van der Waals surface area (Å²) >= 11 is 0. The van der Waals surface area contributed by atoms with Crippen molar-refractivity contribution < 1.29 is 9.18 Å². The van der Waals surface area contributed by atoms with Gasteiger partial charge in [0.15, 0.2) is 0 Å². The van der Waals surface area contributed by atoms with Gasteiger partial charge in [0.1, 0.15) is 5.82 Å². The smallest absolute Gasteiger partial charge is 0.257 e. The van der Waals surface area contributed by atoms with Crippen LogP contribution in [-0.2, 0) is 11.2 Å². The number of benzene rings is 2. The van der Waals surface area contributed by atoms with Crippen LogP contribution in [0.3, 0.4) is 0 Å². The van der Waals surface area contributed by atoms with Gasteiger partial charge < -0.3 is 16.0 Å². The summed E-state index contributed by atoms with van der Waals surface area (Å²) in [5.74, 6) is -0.621. The van der Waals surface area contributed by atoms with E-state index in [2.05, 4.69) is 27.0 Å². The van der Waals surface area contributed by atoms with Crippen molar-refractivity contribution in [3.63, 3.8) is 0 Å². The summed E-state index contributed by atoms with van der Waals surface area (Å²) in [6.07, 6.45) is 6.13. The predicted molar refractivity (Wildman–Crippen MR) is 110 cm³/mol. The van der Waals surface area contributed by atoms with Crippen LogP contribution >= 0.6 is 0 Å². The fourth-order valence-electron chi connectivity index (χ4n) is 3.04. The molecule has 0 bridgehead atoms. The fraction of sp³-hybridized carbons (Fsp3) is 0.0909. The van der Waals surface area contributed by atoms with Crippen LogP contribution in [0.5, 0.6) is 0 Å². The van der Waals surface area contributed by atoms with E-state index in [1.54, 1.807) is 18.5 Å². The first-order valence-corrected chi connectivity index (χ1v) is 9.00. The van der Waals surface area contributed by atoms with Gasteiger partial charge in [0.05, 0.1) is 5.57 Å². The normalized spacial score (nSPS) is 13.9. The number of hydrogen-bond donors (Lipinski definition) is 3. The van der Waals surface area contributed by atoms with Crippen LogP contribution in [0, 0.1) is 5.82 Å². The molecule has 1 aliphatic rings. The minimum Gasteiger partial charge on any atom is -0.385 e. The minimum atomic E-state index is -0.372. The highest BCUT2D eigenvalue weighted by Gasteiger charge is 2.24. The Hall–Kier alpha value is -3.67. The summed E-state index contributed by atoms with van der Waals surface area (Å²) in [5.41, 5.74) is 4.62. The maximum absolute atomic E-state index is 13.5. The van der Waals surface area contributed by atoms with Gasteiger partial charge in [0, 0.05) is 47.8 Å². The number of nitrogens with one attached hydrogen (secondary N) is 3. The molecule has 4 rings (SSSR count). The van der Waals surface area contributed by atoms with Gasteiger partial charge >= 0.3 is 0 Å². The highest BCUT2D eigenvalue weighted by molar-refractivity contribution is 6.31. The molecule has 0 radical (unpaired) electrons. The van der Waals surface area contributed by atoms with Crippen LogP contribution in [0.2, 0.25) is 0 Å². The van der Waals surface area contributed by atoms with Crippen molar-refractivity contribution in [1.29, 1.82) is 0 Å². The van der Waals surface area contributed by atoms with Gasteiger partial charge in [-0.25, -0.2) is 4.39 Å². The molecule has 5 nitrogen and oxygen atoms in total. The molecule has 0 aliphatic carbocycles.